The number of benzene rings is 1. The molecule has 0 aliphatic heterocycles. The third-order valence-electron chi connectivity index (χ3n) is 3.80. The third kappa shape index (κ3) is 1.87. The average molecular weight is 265 g/mol. The lowest BCUT2D eigenvalue weighted by atomic mass is 10.1. The molecule has 1 heterocycles. The molecule has 3 rings (SSSR count). The summed E-state index contributed by atoms with van der Waals surface area (Å²) in [6.45, 7) is 3.32. The molecule has 0 N–H and O–H groups in total. The maximum absolute atomic E-state index is 6.02. The fourth-order valence-electron chi connectivity index (χ4n) is 2.37. The van der Waals surface area contributed by atoms with Crippen LogP contribution in [0.5, 0.6) is 5.75 Å². The minimum absolute atomic E-state index is 0.428. The molecule has 2 aromatic rings. The van der Waals surface area contributed by atoms with Gasteiger partial charge in [-0.2, -0.15) is 0 Å². The third-order valence-corrected chi connectivity index (χ3v) is 4.04. The van der Waals surface area contributed by atoms with E-state index in [0.29, 0.717) is 11.3 Å². The summed E-state index contributed by atoms with van der Waals surface area (Å²) in [5, 5.41) is 0. The molecule has 0 bridgehead atoms. The molecule has 1 aliphatic rings. The van der Waals surface area contributed by atoms with Gasteiger partial charge in [0.15, 0.2) is 0 Å². The number of alkyl halides is 1. The maximum atomic E-state index is 6.02. The first kappa shape index (κ1) is 11.8. The summed E-state index contributed by atoms with van der Waals surface area (Å²) >= 11 is 6.02. The summed E-state index contributed by atoms with van der Waals surface area (Å²) in [4.78, 5) is 4.62. The lowest BCUT2D eigenvalue weighted by Gasteiger charge is -2.12. The van der Waals surface area contributed by atoms with Gasteiger partial charge in [-0.3, -0.25) is 0 Å². The standard InChI is InChI=1S/C14H17ClN2O/c1-14(6-7-14)9-17-10-4-3-5-11(18-2)13(10)16-12(17)8-15/h3-5H,6-9H2,1-2H3. The van der Waals surface area contributed by atoms with Gasteiger partial charge in [-0.25, -0.2) is 4.98 Å². The number of rotatable bonds is 4. The van der Waals surface area contributed by atoms with E-state index in [9.17, 15) is 0 Å². The Bertz CT molecular complexity index is 587. The molecule has 4 heteroatoms. The Labute approximate surface area is 112 Å². The van der Waals surface area contributed by atoms with Crippen molar-refractivity contribution in [2.45, 2.75) is 32.2 Å². The first-order valence-electron chi connectivity index (χ1n) is 6.25. The SMILES string of the molecule is COc1cccc2c1nc(CCl)n2CC1(C)CC1. The summed E-state index contributed by atoms with van der Waals surface area (Å²) < 4.78 is 7.61. The van der Waals surface area contributed by atoms with Crippen molar-refractivity contribution in [1.29, 1.82) is 0 Å². The Kier molecular flexibility index (Phi) is 2.74. The highest BCUT2D eigenvalue weighted by Gasteiger charge is 2.38. The fourth-order valence-corrected chi connectivity index (χ4v) is 2.57. The molecular formula is C14H17ClN2O. The van der Waals surface area contributed by atoms with Gasteiger partial charge in [-0.05, 0) is 30.4 Å². The number of para-hydroxylation sites is 1. The van der Waals surface area contributed by atoms with E-state index in [4.69, 9.17) is 16.3 Å². The number of imidazole rings is 1. The molecule has 0 unspecified atom stereocenters. The Morgan fingerprint density at radius 2 is 2.22 bits per heavy atom. The molecule has 0 amide bonds. The minimum Gasteiger partial charge on any atom is -0.494 e. The summed E-state index contributed by atoms with van der Waals surface area (Å²) in [7, 11) is 1.68. The number of methoxy groups -OCH3 is 1. The van der Waals surface area contributed by atoms with Crippen LogP contribution in [-0.4, -0.2) is 16.7 Å². The van der Waals surface area contributed by atoms with Crippen LogP contribution in [0, 0.1) is 5.41 Å². The minimum atomic E-state index is 0.428. The number of hydrogen-bond acceptors (Lipinski definition) is 2. The quantitative estimate of drug-likeness (QED) is 0.789. The first-order valence-corrected chi connectivity index (χ1v) is 6.78. The molecule has 1 aromatic carbocycles. The molecule has 0 radical (unpaired) electrons. The number of fused-ring (bicyclic) bond motifs is 1. The topological polar surface area (TPSA) is 27.1 Å². The van der Waals surface area contributed by atoms with Crippen LogP contribution in [0.3, 0.4) is 0 Å². The van der Waals surface area contributed by atoms with Gasteiger partial charge in [0.1, 0.15) is 17.1 Å². The highest BCUT2D eigenvalue weighted by atomic mass is 35.5. The van der Waals surface area contributed by atoms with Crippen LogP contribution in [0.25, 0.3) is 11.0 Å². The second-order valence-electron chi connectivity index (χ2n) is 5.39. The first-order chi connectivity index (χ1) is 8.67. The molecule has 0 saturated heterocycles. The van der Waals surface area contributed by atoms with Crippen LogP contribution in [0.4, 0.5) is 0 Å². The number of aromatic nitrogens is 2. The van der Waals surface area contributed by atoms with Crippen molar-refractivity contribution >= 4 is 22.6 Å². The van der Waals surface area contributed by atoms with Gasteiger partial charge < -0.3 is 9.30 Å². The van der Waals surface area contributed by atoms with Crippen molar-refractivity contribution in [1.82, 2.24) is 9.55 Å². The Morgan fingerprint density at radius 1 is 1.44 bits per heavy atom. The number of nitrogens with zero attached hydrogens (tertiary/aromatic N) is 2. The molecule has 96 valence electrons. The van der Waals surface area contributed by atoms with Gasteiger partial charge in [-0.1, -0.05) is 13.0 Å². The van der Waals surface area contributed by atoms with Gasteiger partial charge in [-0.15, -0.1) is 11.6 Å². The van der Waals surface area contributed by atoms with Crippen molar-refractivity contribution in [2.75, 3.05) is 7.11 Å². The molecule has 3 nitrogen and oxygen atoms in total. The van der Waals surface area contributed by atoms with Crippen LogP contribution in [0.1, 0.15) is 25.6 Å². The fraction of sp³-hybridized carbons (Fsp3) is 0.500. The summed E-state index contributed by atoms with van der Waals surface area (Å²) in [6, 6.07) is 6.04. The van der Waals surface area contributed by atoms with Crippen LogP contribution < -0.4 is 4.74 Å². The predicted octanol–water partition coefficient (Wildman–Crippen LogP) is 3.58. The molecular weight excluding hydrogens is 248 g/mol. The van der Waals surface area contributed by atoms with E-state index in [0.717, 1.165) is 29.2 Å². The van der Waals surface area contributed by atoms with E-state index in [1.54, 1.807) is 7.11 Å². The normalized spacial score (nSPS) is 17.1. The lowest BCUT2D eigenvalue weighted by Crippen LogP contribution is -2.10. The zero-order valence-corrected chi connectivity index (χ0v) is 11.5. The van der Waals surface area contributed by atoms with E-state index in [2.05, 4.69) is 22.5 Å². The molecule has 1 saturated carbocycles. The van der Waals surface area contributed by atoms with Crippen molar-refractivity contribution < 1.29 is 4.74 Å². The van der Waals surface area contributed by atoms with Gasteiger partial charge in [0.2, 0.25) is 0 Å². The van der Waals surface area contributed by atoms with Crippen molar-refractivity contribution in [3.63, 3.8) is 0 Å². The second kappa shape index (κ2) is 4.16. The Hall–Kier alpha value is -1.22. The molecule has 1 fully saturated rings. The zero-order chi connectivity index (χ0) is 12.8. The molecule has 18 heavy (non-hydrogen) atoms. The summed E-state index contributed by atoms with van der Waals surface area (Å²) in [5.74, 6) is 2.19. The smallest absolute Gasteiger partial charge is 0.146 e. The molecule has 0 atom stereocenters. The number of halogens is 1. The average Bonchev–Trinajstić information content (AvgIpc) is 3.00. The number of hydrogen-bond donors (Lipinski definition) is 0. The van der Waals surface area contributed by atoms with Crippen LogP contribution in [0.15, 0.2) is 18.2 Å². The van der Waals surface area contributed by atoms with Gasteiger partial charge in [0.25, 0.3) is 0 Å². The van der Waals surface area contributed by atoms with Crippen LogP contribution in [-0.2, 0) is 12.4 Å². The van der Waals surface area contributed by atoms with Crippen molar-refractivity contribution in [2.24, 2.45) is 5.41 Å². The molecule has 1 aromatic heterocycles. The van der Waals surface area contributed by atoms with E-state index in [-0.39, 0.29) is 0 Å². The highest BCUT2D eigenvalue weighted by Crippen LogP contribution is 2.47. The van der Waals surface area contributed by atoms with E-state index in [1.807, 2.05) is 12.1 Å². The largest absolute Gasteiger partial charge is 0.494 e. The van der Waals surface area contributed by atoms with E-state index in [1.165, 1.54) is 12.8 Å². The van der Waals surface area contributed by atoms with Crippen LogP contribution in [0.2, 0.25) is 0 Å². The lowest BCUT2D eigenvalue weighted by molar-refractivity contribution is 0.419. The summed E-state index contributed by atoms with van der Waals surface area (Å²) in [5.41, 5.74) is 2.47. The molecule has 1 aliphatic carbocycles. The van der Waals surface area contributed by atoms with Gasteiger partial charge >= 0.3 is 0 Å². The van der Waals surface area contributed by atoms with Crippen molar-refractivity contribution in [3.05, 3.63) is 24.0 Å². The van der Waals surface area contributed by atoms with E-state index >= 15 is 0 Å². The van der Waals surface area contributed by atoms with Crippen molar-refractivity contribution in [3.8, 4) is 5.75 Å². The van der Waals surface area contributed by atoms with Crippen LogP contribution >= 0.6 is 11.6 Å². The monoisotopic (exact) mass is 264 g/mol. The second-order valence-corrected chi connectivity index (χ2v) is 5.65. The predicted molar refractivity (Wildman–Crippen MR) is 73.2 cm³/mol. The van der Waals surface area contributed by atoms with Gasteiger partial charge in [0.05, 0.1) is 18.5 Å². The maximum Gasteiger partial charge on any atom is 0.146 e. The highest BCUT2D eigenvalue weighted by molar-refractivity contribution is 6.16. The van der Waals surface area contributed by atoms with E-state index < -0.39 is 0 Å². The zero-order valence-electron chi connectivity index (χ0n) is 10.7. The summed E-state index contributed by atoms with van der Waals surface area (Å²) in [6.07, 6.45) is 2.58. The molecule has 0 spiro atoms. The Morgan fingerprint density at radius 3 is 2.83 bits per heavy atom. The number of ether oxygens (including phenoxy) is 1. The van der Waals surface area contributed by atoms with Gasteiger partial charge in [0, 0.05) is 6.54 Å². The Balaban J connectivity index is 2.15.